The van der Waals surface area contributed by atoms with Crippen molar-refractivity contribution in [3.63, 3.8) is 0 Å². The van der Waals surface area contributed by atoms with Gasteiger partial charge in [0.2, 0.25) is 5.91 Å². The Morgan fingerprint density at radius 1 is 0.958 bits per heavy atom. The van der Waals surface area contributed by atoms with Gasteiger partial charge in [0.1, 0.15) is 0 Å². The van der Waals surface area contributed by atoms with E-state index in [4.69, 9.17) is 0 Å². The van der Waals surface area contributed by atoms with Crippen molar-refractivity contribution in [1.29, 1.82) is 0 Å². The van der Waals surface area contributed by atoms with Gasteiger partial charge in [-0.15, -0.1) is 0 Å². The predicted molar refractivity (Wildman–Crippen MR) is 94.9 cm³/mol. The van der Waals surface area contributed by atoms with Crippen molar-refractivity contribution in [3.8, 4) is 0 Å². The highest BCUT2D eigenvalue weighted by Crippen LogP contribution is 2.22. The highest BCUT2D eigenvalue weighted by molar-refractivity contribution is 5.97. The fourth-order valence-corrected chi connectivity index (χ4v) is 3.74. The van der Waals surface area contributed by atoms with Gasteiger partial charge in [0, 0.05) is 24.6 Å². The molecular weight excluding hydrogens is 300 g/mol. The molecule has 3 rings (SSSR count). The quantitative estimate of drug-likeness (QED) is 0.798. The average Bonchev–Trinajstić information content (AvgIpc) is 2.63. The van der Waals surface area contributed by atoms with Crippen molar-refractivity contribution in [2.24, 2.45) is 11.8 Å². The standard InChI is InChI=1S/C20H28N2O2/c1-16-7-13-22(14-8-16)19(23)15-21-11-9-18(10-12-21)20(24)17-5-3-2-4-6-17/h2-6,16,18H,7-15H2,1H3. The van der Waals surface area contributed by atoms with Crippen LogP contribution in [0.2, 0.25) is 0 Å². The molecule has 0 unspecified atom stereocenters. The SMILES string of the molecule is CC1CCN(C(=O)CN2CCC(C(=O)c3ccccc3)CC2)CC1. The van der Waals surface area contributed by atoms with Crippen molar-refractivity contribution in [3.05, 3.63) is 35.9 Å². The monoisotopic (exact) mass is 328 g/mol. The second-order valence-corrected chi connectivity index (χ2v) is 7.34. The van der Waals surface area contributed by atoms with Gasteiger partial charge in [-0.2, -0.15) is 0 Å². The summed E-state index contributed by atoms with van der Waals surface area (Å²) in [6.07, 6.45) is 3.97. The van der Waals surface area contributed by atoms with Crippen LogP contribution in [0.15, 0.2) is 30.3 Å². The Balaban J connectivity index is 1.45. The van der Waals surface area contributed by atoms with Crippen LogP contribution in [0.5, 0.6) is 0 Å². The Bertz CT molecular complexity index is 556. The summed E-state index contributed by atoms with van der Waals surface area (Å²) < 4.78 is 0. The van der Waals surface area contributed by atoms with Crippen LogP contribution >= 0.6 is 0 Å². The molecule has 130 valence electrons. The number of carbonyl (C=O) groups is 2. The second kappa shape index (κ2) is 7.93. The summed E-state index contributed by atoms with van der Waals surface area (Å²) in [4.78, 5) is 29.2. The molecule has 1 amide bonds. The maximum absolute atomic E-state index is 12.5. The van der Waals surface area contributed by atoms with E-state index < -0.39 is 0 Å². The number of hydrogen-bond donors (Lipinski definition) is 0. The molecule has 4 heteroatoms. The van der Waals surface area contributed by atoms with Crippen LogP contribution in [0.25, 0.3) is 0 Å². The molecule has 2 fully saturated rings. The maximum atomic E-state index is 12.5. The smallest absolute Gasteiger partial charge is 0.236 e. The molecule has 0 aromatic heterocycles. The highest BCUT2D eigenvalue weighted by Gasteiger charge is 2.28. The lowest BCUT2D eigenvalue weighted by Crippen LogP contribution is -2.46. The number of amides is 1. The summed E-state index contributed by atoms with van der Waals surface area (Å²) in [5.41, 5.74) is 0.814. The average molecular weight is 328 g/mol. The normalized spacial score (nSPS) is 21.0. The van der Waals surface area contributed by atoms with E-state index in [9.17, 15) is 9.59 Å². The molecule has 0 bridgehead atoms. The number of nitrogens with zero attached hydrogens (tertiary/aromatic N) is 2. The number of piperidine rings is 2. The number of rotatable bonds is 4. The van der Waals surface area contributed by atoms with E-state index in [0.29, 0.717) is 6.54 Å². The second-order valence-electron chi connectivity index (χ2n) is 7.34. The zero-order valence-corrected chi connectivity index (χ0v) is 14.6. The minimum atomic E-state index is 0.106. The molecule has 0 N–H and O–H groups in total. The van der Waals surface area contributed by atoms with Crippen molar-refractivity contribution in [2.45, 2.75) is 32.6 Å². The molecule has 0 atom stereocenters. The van der Waals surface area contributed by atoms with E-state index in [-0.39, 0.29) is 17.6 Å². The molecule has 0 aliphatic carbocycles. The number of hydrogen-bond acceptors (Lipinski definition) is 3. The van der Waals surface area contributed by atoms with E-state index in [0.717, 1.165) is 63.3 Å². The third-order valence-electron chi connectivity index (χ3n) is 5.51. The first-order chi connectivity index (χ1) is 11.6. The van der Waals surface area contributed by atoms with Crippen LogP contribution in [0.3, 0.4) is 0 Å². The van der Waals surface area contributed by atoms with Crippen molar-refractivity contribution < 1.29 is 9.59 Å². The summed E-state index contributed by atoms with van der Waals surface area (Å²) in [5, 5.41) is 0. The third kappa shape index (κ3) is 4.23. The van der Waals surface area contributed by atoms with Crippen molar-refractivity contribution >= 4 is 11.7 Å². The van der Waals surface area contributed by atoms with E-state index in [2.05, 4.69) is 11.8 Å². The van der Waals surface area contributed by atoms with Crippen LogP contribution < -0.4 is 0 Å². The lowest BCUT2D eigenvalue weighted by molar-refractivity contribution is -0.134. The van der Waals surface area contributed by atoms with Crippen LogP contribution in [0.4, 0.5) is 0 Å². The fraction of sp³-hybridized carbons (Fsp3) is 0.600. The third-order valence-corrected chi connectivity index (χ3v) is 5.51. The fourth-order valence-electron chi connectivity index (χ4n) is 3.74. The molecule has 1 aromatic carbocycles. The largest absolute Gasteiger partial charge is 0.342 e. The molecule has 2 heterocycles. The lowest BCUT2D eigenvalue weighted by Gasteiger charge is -2.35. The zero-order valence-electron chi connectivity index (χ0n) is 14.6. The predicted octanol–water partition coefficient (Wildman–Crippen LogP) is 2.84. The van der Waals surface area contributed by atoms with Gasteiger partial charge in [-0.1, -0.05) is 37.3 Å². The topological polar surface area (TPSA) is 40.6 Å². The molecule has 4 nitrogen and oxygen atoms in total. The lowest BCUT2D eigenvalue weighted by atomic mass is 9.89. The van der Waals surface area contributed by atoms with Crippen LogP contribution in [-0.2, 0) is 4.79 Å². The summed E-state index contributed by atoms with van der Waals surface area (Å²) in [6, 6.07) is 9.57. The molecule has 0 saturated carbocycles. The summed E-state index contributed by atoms with van der Waals surface area (Å²) >= 11 is 0. The van der Waals surface area contributed by atoms with E-state index >= 15 is 0 Å². The number of benzene rings is 1. The summed E-state index contributed by atoms with van der Waals surface area (Å²) in [7, 11) is 0. The number of carbonyl (C=O) groups excluding carboxylic acids is 2. The van der Waals surface area contributed by atoms with Crippen LogP contribution in [-0.4, -0.2) is 54.2 Å². The highest BCUT2D eigenvalue weighted by atomic mass is 16.2. The van der Waals surface area contributed by atoms with Gasteiger partial charge in [0.15, 0.2) is 5.78 Å². The Hall–Kier alpha value is -1.68. The van der Waals surface area contributed by atoms with Gasteiger partial charge >= 0.3 is 0 Å². The number of ketones is 1. The molecule has 2 saturated heterocycles. The van der Waals surface area contributed by atoms with Crippen LogP contribution in [0.1, 0.15) is 43.0 Å². The Labute approximate surface area is 144 Å². The first-order valence-electron chi connectivity index (χ1n) is 9.23. The summed E-state index contributed by atoms with van der Waals surface area (Å²) in [5.74, 6) is 1.37. The first-order valence-corrected chi connectivity index (χ1v) is 9.23. The molecular formula is C20H28N2O2. The zero-order chi connectivity index (χ0) is 16.9. The van der Waals surface area contributed by atoms with Gasteiger partial charge in [0.25, 0.3) is 0 Å². The Kier molecular flexibility index (Phi) is 5.67. The van der Waals surface area contributed by atoms with Gasteiger partial charge in [-0.25, -0.2) is 0 Å². The van der Waals surface area contributed by atoms with Crippen molar-refractivity contribution in [1.82, 2.24) is 9.80 Å². The number of Topliss-reactive ketones (excluding diaryl/α,β-unsaturated/α-hetero) is 1. The minimum absolute atomic E-state index is 0.106. The van der Waals surface area contributed by atoms with E-state index in [1.807, 2.05) is 35.2 Å². The van der Waals surface area contributed by atoms with Gasteiger partial charge in [0.05, 0.1) is 6.54 Å². The maximum Gasteiger partial charge on any atom is 0.236 e. The van der Waals surface area contributed by atoms with E-state index in [1.165, 1.54) is 0 Å². The van der Waals surface area contributed by atoms with Gasteiger partial charge < -0.3 is 4.90 Å². The van der Waals surface area contributed by atoms with Gasteiger partial charge in [-0.3, -0.25) is 14.5 Å². The molecule has 0 radical (unpaired) electrons. The minimum Gasteiger partial charge on any atom is -0.342 e. The molecule has 1 aromatic rings. The van der Waals surface area contributed by atoms with Crippen LogP contribution in [0, 0.1) is 11.8 Å². The van der Waals surface area contributed by atoms with E-state index in [1.54, 1.807) is 0 Å². The molecule has 2 aliphatic rings. The van der Waals surface area contributed by atoms with Gasteiger partial charge in [-0.05, 0) is 44.7 Å². The first kappa shape index (κ1) is 17.2. The number of likely N-dealkylation sites (tertiary alicyclic amines) is 2. The Morgan fingerprint density at radius 3 is 2.21 bits per heavy atom. The molecule has 2 aliphatic heterocycles. The Morgan fingerprint density at radius 2 is 1.58 bits per heavy atom. The molecule has 0 spiro atoms. The summed E-state index contributed by atoms with van der Waals surface area (Å²) in [6.45, 7) is 6.28. The molecule has 24 heavy (non-hydrogen) atoms. The van der Waals surface area contributed by atoms with Crippen molar-refractivity contribution in [2.75, 3.05) is 32.7 Å².